The molecule has 1 N–H and O–H groups in total. The summed E-state index contributed by atoms with van der Waals surface area (Å²) in [5.74, 6) is 0.0271. The first-order valence-electron chi connectivity index (χ1n) is 8.28. The summed E-state index contributed by atoms with van der Waals surface area (Å²) < 4.78 is 28.7. The van der Waals surface area contributed by atoms with Crippen molar-refractivity contribution in [2.45, 2.75) is 24.8 Å². The number of amides is 1. The molecule has 1 aliphatic rings. The first kappa shape index (κ1) is 17.6. The van der Waals surface area contributed by atoms with Gasteiger partial charge in [0.05, 0.1) is 5.56 Å². The number of benzene rings is 1. The molecule has 0 radical (unpaired) electrons. The van der Waals surface area contributed by atoms with E-state index in [-0.39, 0.29) is 10.6 Å². The highest BCUT2D eigenvalue weighted by Gasteiger charge is 2.34. The van der Waals surface area contributed by atoms with Crippen LogP contribution in [0.5, 0.6) is 0 Å². The minimum absolute atomic E-state index is 0.0602. The van der Waals surface area contributed by atoms with Crippen molar-refractivity contribution < 1.29 is 13.2 Å². The molecule has 0 atom stereocenters. The summed E-state index contributed by atoms with van der Waals surface area (Å²) in [6, 6.07) is 8.92. The highest BCUT2D eigenvalue weighted by Crippen LogP contribution is 2.25. The van der Waals surface area contributed by atoms with E-state index in [2.05, 4.69) is 17.3 Å². The third-order valence-electron chi connectivity index (χ3n) is 4.40. The van der Waals surface area contributed by atoms with Crippen molar-refractivity contribution in [1.29, 1.82) is 0 Å². The zero-order valence-corrected chi connectivity index (χ0v) is 15.2. The highest BCUT2D eigenvalue weighted by atomic mass is 32.2. The first-order valence-corrected chi connectivity index (χ1v) is 9.72. The van der Waals surface area contributed by atoms with Crippen LogP contribution in [-0.4, -0.2) is 41.5 Å². The number of carbonyl (C=O) groups is 1. The number of hydrogen-bond acceptors (Lipinski definition) is 4. The van der Waals surface area contributed by atoms with E-state index in [9.17, 15) is 13.2 Å². The lowest BCUT2D eigenvalue weighted by atomic mass is 10.0. The molecule has 0 saturated carbocycles. The zero-order valence-electron chi connectivity index (χ0n) is 14.3. The van der Waals surface area contributed by atoms with Gasteiger partial charge in [0.25, 0.3) is 15.9 Å². The molecule has 7 nitrogen and oxygen atoms in total. The van der Waals surface area contributed by atoms with Gasteiger partial charge in [0, 0.05) is 32.0 Å². The Labute approximate surface area is 147 Å². The van der Waals surface area contributed by atoms with Crippen LogP contribution in [0.3, 0.4) is 0 Å². The molecule has 1 saturated heterocycles. The van der Waals surface area contributed by atoms with Gasteiger partial charge in [-0.25, -0.2) is 8.42 Å². The molecule has 0 spiro atoms. The summed E-state index contributed by atoms with van der Waals surface area (Å²) in [4.78, 5) is 12.6. The number of carbonyl (C=O) groups excluding carboxylic acids is 1. The lowest BCUT2D eigenvalue weighted by Gasteiger charge is -2.28. The van der Waals surface area contributed by atoms with Crippen molar-refractivity contribution in [2.75, 3.05) is 18.4 Å². The van der Waals surface area contributed by atoms with Gasteiger partial charge in [-0.2, -0.15) is 9.40 Å². The Bertz CT molecular complexity index is 853. The molecule has 8 heteroatoms. The lowest BCUT2D eigenvalue weighted by Crippen LogP contribution is -2.38. The number of rotatable bonds is 4. The maximum Gasteiger partial charge on any atom is 0.263 e. The second-order valence-electron chi connectivity index (χ2n) is 6.43. The molecule has 1 aliphatic heterocycles. The fourth-order valence-electron chi connectivity index (χ4n) is 2.88. The van der Waals surface area contributed by atoms with Gasteiger partial charge in [0.2, 0.25) is 5.03 Å². The van der Waals surface area contributed by atoms with Gasteiger partial charge in [-0.15, -0.1) is 0 Å². The van der Waals surface area contributed by atoms with Crippen LogP contribution in [-0.2, 0) is 17.1 Å². The van der Waals surface area contributed by atoms with E-state index in [1.54, 1.807) is 31.3 Å². The number of aryl methyl sites for hydroxylation is 1. The Morgan fingerprint density at radius 2 is 1.84 bits per heavy atom. The van der Waals surface area contributed by atoms with Gasteiger partial charge in [0.15, 0.2) is 0 Å². The number of nitrogens with one attached hydrogen (secondary N) is 1. The predicted octanol–water partition coefficient (Wildman–Crippen LogP) is 2.09. The SMILES string of the molecule is CC1CCN(S(=O)(=O)c2nn(C)cc2C(=O)Nc2ccccc2)CC1. The fourth-order valence-corrected chi connectivity index (χ4v) is 4.47. The third kappa shape index (κ3) is 3.74. The minimum atomic E-state index is -3.79. The molecule has 1 aromatic carbocycles. The summed E-state index contributed by atoms with van der Waals surface area (Å²) in [5, 5.41) is 6.60. The largest absolute Gasteiger partial charge is 0.322 e. The Balaban J connectivity index is 1.89. The molecule has 0 unspecified atom stereocenters. The van der Waals surface area contributed by atoms with E-state index in [0.29, 0.717) is 24.7 Å². The predicted molar refractivity (Wildman–Crippen MR) is 94.8 cm³/mol. The monoisotopic (exact) mass is 362 g/mol. The number of hydrogen-bond donors (Lipinski definition) is 1. The Kier molecular flexibility index (Phi) is 4.91. The molecule has 1 fully saturated rings. The molecule has 0 aliphatic carbocycles. The zero-order chi connectivity index (χ0) is 18.0. The standard InChI is InChI=1S/C17H22N4O3S/c1-13-8-10-21(11-9-13)25(23,24)17-15(12-20(2)19-17)16(22)18-14-6-4-3-5-7-14/h3-7,12-13H,8-11H2,1-2H3,(H,18,22). The lowest BCUT2D eigenvalue weighted by molar-refractivity contribution is 0.102. The first-order chi connectivity index (χ1) is 11.9. The Hall–Kier alpha value is -2.19. The average molecular weight is 362 g/mol. The smallest absolute Gasteiger partial charge is 0.263 e. The van der Waals surface area contributed by atoms with Crippen molar-refractivity contribution in [2.24, 2.45) is 13.0 Å². The maximum absolute atomic E-state index is 13.0. The van der Waals surface area contributed by atoms with Gasteiger partial charge in [-0.1, -0.05) is 25.1 Å². The van der Waals surface area contributed by atoms with Crippen molar-refractivity contribution in [3.63, 3.8) is 0 Å². The minimum Gasteiger partial charge on any atom is -0.322 e. The number of para-hydroxylation sites is 1. The van der Waals surface area contributed by atoms with Crippen molar-refractivity contribution in [1.82, 2.24) is 14.1 Å². The van der Waals surface area contributed by atoms with E-state index in [4.69, 9.17) is 0 Å². The molecule has 25 heavy (non-hydrogen) atoms. The number of nitrogens with zero attached hydrogens (tertiary/aromatic N) is 3. The van der Waals surface area contributed by atoms with Crippen LogP contribution < -0.4 is 5.32 Å². The van der Waals surface area contributed by atoms with E-state index in [1.807, 2.05) is 6.07 Å². The van der Waals surface area contributed by atoms with Crippen molar-refractivity contribution >= 4 is 21.6 Å². The van der Waals surface area contributed by atoms with Gasteiger partial charge >= 0.3 is 0 Å². The Morgan fingerprint density at radius 3 is 2.48 bits per heavy atom. The molecule has 2 aromatic rings. The molecule has 1 aromatic heterocycles. The van der Waals surface area contributed by atoms with Crippen LogP contribution in [0.15, 0.2) is 41.6 Å². The number of anilines is 1. The number of aromatic nitrogens is 2. The van der Waals surface area contributed by atoms with Gasteiger partial charge in [-0.05, 0) is 30.9 Å². The van der Waals surface area contributed by atoms with Crippen LogP contribution in [0, 0.1) is 5.92 Å². The third-order valence-corrected chi connectivity index (χ3v) is 6.23. The van der Waals surface area contributed by atoms with E-state index >= 15 is 0 Å². The van der Waals surface area contributed by atoms with Crippen LogP contribution in [0.4, 0.5) is 5.69 Å². The van der Waals surface area contributed by atoms with E-state index in [1.165, 1.54) is 15.2 Å². The molecule has 134 valence electrons. The van der Waals surface area contributed by atoms with E-state index in [0.717, 1.165) is 12.8 Å². The second-order valence-corrected chi connectivity index (χ2v) is 8.28. The average Bonchev–Trinajstić information content (AvgIpc) is 2.99. The van der Waals surface area contributed by atoms with Crippen molar-refractivity contribution in [3.8, 4) is 0 Å². The Morgan fingerprint density at radius 1 is 1.20 bits per heavy atom. The summed E-state index contributed by atoms with van der Waals surface area (Å²) in [6.45, 7) is 3.03. The van der Waals surface area contributed by atoms with Gasteiger partial charge in [-0.3, -0.25) is 9.48 Å². The quantitative estimate of drug-likeness (QED) is 0.903. The van der Waals surface area contributed by atoms with Crippen LogP contribution >= 0.6 is 0 Å². The maximum atomic E-state index is 13.0. The molecule has 1 amide bonds. The van der Waals surface area contributed by atoms with Crippen LogP contribution in [0.1, 0.15) is 30.1 Å². The highest BCUT2D eigenvalue weighted by molar-refractivity contribution is 7.89. The van der Waals surface area contributed by atoms with Gasteiger partial charge < -0.3 is 5.32 Å². The fraction of sp³-hybridized carbons (Fsp3) is 0.412. The molecule has 3 rings (SSSR count). The van der Waals surface area contributed by atoms with Crippen LogP contribution in [0.25, 0.3) is 0 Å². The van der Waals surface area contributed by atoms with E-state index < -0.39 is 15.9 Å². The molecule has 2 heterocycles. The summed E-state index contributed by atoms with van der Waals surface area (Å²) >= 11 is 0. The topological polar surface area (TPSA) is 84.3 Å². The summed E-state index contributed by atoms with van der Waals surface area (Å²) in [7, 11) is -2.18. The summed E-state index contributed by atoms with van der Waals surface area (Å²) in [5.41, 5.74) is 0.663. The molecule has 0 bridgehead atoms. The second kappa shape index (κ2) is 6.97. The van der Waals surface area contributed by atoms with Crippen molar-refractivity contribution in [3.05, 3.63) is 42.1 Å². The molecular weight excluding hydrogens is 340 g/mol. The number of sulfonamides is 1. The van der Waals surface area contributed by atoms with Gasteiger partial charge in [0.1, 0.15) is 0 Å². The van der Waals surface area contributed by atoms with Crippen LogP contribution in [0.2, 0.25) is 0 Å². The normalized spacial score (nSPS) is 16.7. The number of piperidine rings is 1. The molecular formula is C17H22N4O3S. The summed E-state index contributed by atoms with van der Waals surface area (Å²) in [6.07, 6.45) is 3.08.